The standard InChI is InChI=1S/C15H28N2O3/c1-11(2)10-17(12(3)4)15(20)16-8-6-5-7-13(16)9-14(18)19/h11-13H,5-10H2,1-4H3,(H,18,19). The number of rotatable bonds is 5. The zero-order valence-corrected chi connectivity index (χ0v) is 13.1. The number of hydrogen-bond acceptors (Lipinski definition) is 2. The molecule has 5 heteroatoms. The van der Waals surface area contributed by atoms with Crippen LogP contribution in [0, 0.1) is 5.92 Å². The van der Waals surface area contributed by atoms with Crippen molar-refractivity contribution in [1.29, 1.82) is 0 Å². The maximum atomic E-state index is 12.7. The van der Waals surface area contributed by atoms with Gasteiger partial charge in [0.05, 0.1) is 6.42 Å². The third kappa shape index (κ3) is 4.69. The SMILES string of the molecule is CC(C)CN(C(=O)N1CCCCC1CC(=O)O)C(C)C. The Morgan fingerprint density at radius 1 is 1.25 bits per heavy atom. The number of aliphatic carboxylic acids is 1. The molecule has 1 N–H and O–H groups in total. The van der Waals surface area contributed by atoms with Gasteiger partial charge in [-0.15, -0.1) is 0 Å². The highest BCUT2D eigenvalue weighted by atomic mass is 16.4. The van der Waals surface area contributed by atoms with Crippen LogP contribution in [0.15, 0.2) is 0 Å². The fourth-order valence-electron chi connectivity index (χ4n) is 2.73. The van der Waals surface area contributed by atoms with E-state index in [0.717, 1.165) is 19.3 Å². The molecule has 1 saturated heterocycles. The molecule has 1 heterocycles. The fraction of sp³-hybridized carbons (Fsp3) is 0.867. The summed E-state index contributed by atoms with van der Waals surface area (Å²) < 4.78 is 0. The molecule has 0 saturated carbocycles. The number of piperidine rings is 1. The van der Waals surface area contributed by atoms with Crippen molar-refractivity contribution in [3.05, 3.63) is 0 Å². The second-order valence-corrected chi connectivity index (χ2v) is 6.36. The molecule has 0 aromatic carbocycles. The summed E-state index contributed by atoms with van der Waals surface area (Å²) in [5, 5.41) is 9.01. The molecule has 1 aliphatic heterocycles. The monoisotopic (exact) mass is 284 g/mol. The molecule has 0 aliphatic carbocycles. The van der Waals surface area contributed by atoms with Crippen LogP contribution < -0.4 is 0 Å². The first-order valence-electron chi connectivity index (χ1n) is 7.62. The van der Waals surface area contributed by atoms with Crippen molar-refractivity contribution >= 4 is 12.0 Å². The molecule has 0 radical (unpaired) electrons. The first-order valence-corrected chi connectivity index (χ1v) is 7.62. The van der Waals surface area contributed by atoms with E-state index in [9.17, 15) is 9.59 Å². The smallest absolute Gasteiger partial charge is 0.320 e. The molecule has 1 atom stereocenters. The lowest BCUT2D eigenvalue weighted by Crippen LogP contribution is -2.53. The van der Waals surface area contributed by atoms with Crippen molar-refractivity contribution in [3.63, 3.8) is 0 Å². The van der Waals surface area contributed by atoms with Crippen LogP contribution in [0.2, 0.25) is 0 Å². The first-order chi connectivity index (χ1) is 9.32. The summed E-state index contributed by atoms with van der Waals surface area (Å²) in [6.07, 6.45) is 2.83. The normalized spacial score (nSPS) is 19.5. The lowest BCUT2D eigenvalue weighted by Gasteiger charge is -2.40. The number of likely N-dealkylation sites (tertiary alicyclic amines) is 1. The van der Waals surface area contributed by atoms with Gasteiger partial charge in [-0.25, -0.2) is 4.79 Å². The number of urea groups is 1. The van der Waals surface area contributed by atoms with E-state index in [1.165, 1.54) is 0 Å². The molecule has 5 nitrogen and oxygen atoms in total. The van der Waals surface area contributed by atoms with Crippen molar-refractivity contribution in [1.82, 2.24) is 9.80 Å². The van der Waals surface area contributed by atoms with Crippen LogP contribution in [0.3, 0.4) is 0 Å². The van der Waals surface area contributed by atoms with Gasteiger partial charge in [-0.2, -0.15) is 0 Å². The van der Waals surface area contributed by atoms with Crippen molar-refractivity contribution in [3.8, 4) is 0 Å². The topological polar surface area (TPSA) is 60.9 Å². The Hall–Kier alpha value is -1.26. The molecule has 0 aromatic rings. The molecule has 2 amide bonds. The molecular formula is C15H28N2O3. The maximum absolute atomic E-state index is 12.7. The molecule has 1 aliphatic rings. The van der Waals surface area contributed by atoms with Crippen LogP contribution in [0.25, 0.3) is 0 Å². The van der Waals surface area contributed by atoms with Crippen molar-refractivity contribution in [2.75, 3.05) is 13.1 Å². The first kappa shape index (κ1) is 16.8. The number of carboxylic acid groups (broad SMARTS) is 1. The number of amides is 2. The third-order valence-corrected chi connectivity index (χ3v) is 3.71. The summed E-state index contributed by atoms with van der Waals surface area (Å²) in [6.45, 7) is 9.60. The molecule has 1 rings (SSSR count). The van der Waals surface area contributed by atoms with Crippen LogP contribution >= 0.6 is 0 Å². The van der Waals surface area contributed by atoms with Crippen LogP contribution in [0.4, 0.5) is 4.79 Å². The molecule has 1 fully saturated rings. The van der Waals surface area contributed by atoms with Crippen LogP contribution in [0.5, 0.6) is 0 Å². The number of carboxylic acids is 1. The summed E-state index contributed by atoms with van der Waals surface area (Å²) in [4.78, 5) is 27.3. The minimum atomic E-state index is -0.824. The number of carbonyl (C=O) groups excluding carboxylic acids is 1. The largest absolute Gasteiger partial charge is 0.481 e. The van der Waals surface area contributed by atoms with Crippen molar-refractivity contribution in [2.24, 2.45) is 5.92 Å². The van der Waals surface area contributed by atoms with Crippen LogP contribution in [-0.4, -0.2) is 52.1 Å². The lowest BCUT2D eigenvalue weighted by molar-refractivity contribution is -0.138. The summed E-state index contributed by atoms with van der Waals surface area (Å²) in [5.41, 5.74) is 0. The van der Waals surface area contributed by atoms with Crippen LogP contribution in [-0.2, 0) is 4.79 Å². The quantitative estimate of drug-likeness (QED) is 0.844. The van der Waals surface area contributed by atoms with Gasteiger partial charge in [0.1, 0.15) is 0 Å². The zero-order valence-electron chi connectivity index (χ0n) is 13.1. The number of hydrogen-bond donors (Lipinski definition) is 1. The average molecular weight is 284 g/mol. The zero-order chi connectivity index (χ0) is 15.3. The maximum Gasteiger partial charge on any atom is 0.320 e. The fourth-order valence-corrected chi connectivity index (χ4v) is 2.73. The number of carbonyl (C=O) groups is 2. The van der Waals surface area contributed by atoms with Gasteiger partial charge in [-0.3, -0.25) is 4.79 Å². The lowest BCUT2D eigenvalue weighted by atomic mass is 9.99. The Bertz CT molecular complexity index is 342. The molecule has 116 valence electrons. The summed E-state index contributed by atoms with van der Waals surface area (Å²) in [6, 6.07) is -0.0147. The highest BCUT2D eigenvalue weighted by Gasteiger charge is 2.32. The molecule has 1 unspecified atom stereocenters. The van der Waals surface area contributed by atoms with Gasteiger partial charge in [0, 0.05) is 25.2 Å². The van der Waals surface area contributed by atoms with Gasteiger partial charge in [-0.05, 0) is 39.0 Å². The Labute approximate surface area is 121 Å². The Morgan fingerprint density at radius 2 is 1.90 bits per heavy atom. The van der Waals surface area contributed by atoms with E-state index in [1.807, 2.05) is 18.7 Å². The van der Waals surface area contributed by atoms with Crippen molar-refractivity contribution in [2.45, 2.75) is 65.5 Å². The molecule has 0 bridgehead atoms. The van der Waals surface area contributed by atoms with E-state index in [1.54, 1.807) is 4.90 Å². The van der Waals surface area contributed by atoms with Gasteiger partial charge in [0.2, 0.25) is 0 Å². The molecule has 0 spiro atoms. The van der Waals surface area contributed by atoms with Gasteiger partial charge >= 0.3 is 12.0 Å². The predicted octanol–water partition coefficient (Wildman–Crippen LogP) is 2.80. The van der Waals surface area contributed by atoms with Gasteiger partial charge in [0.15, 0.2) is 0 Å². The van der Waals surface area contributed by atoms with Crippen LogP contribution in [0.1, 0.15) is 53.4 Å². The van der Waals surface area contributed by atoms with Gasteiger partial charge in [-0.1, -0.05) is 13.8 Å². The Kier molecular flexibility index (Phi) is 6.30. The highest BCUT2D eigenvalue weighted by Crippen LogP contribution is 2.22. The number of nitrogens with zero attached hydrogens (tertiary/aromatic N) is 2. The third-order valence-electron chi connectivity index (χ3n) is 3.71. The van der Waals surface area contributed by atoms with E-state index in [0.29, 0.717) is 19.0 Å². The highest BCUT2D eigenvalue weighted by molar-refractivity contribution is 5.76. The molecular weight excluding hydrogens is 256 g/mol. The summed E-state index contributed by atoms with van der Waals surface area (Å²) in [7, 11) is 0. The molecule has 0 aromatic heterocycles. The second-order valence-electron chi connectivity index (χ2n) is 6.36. The van der Waals surface area contributed by atoms with Gasteiger partial charge < -0.3 is 14.9 Å². The van der Waals surface area contributed by atoms with E-state index in [4.69, 9.17) is 5.11 Å². The summed E-state index contributed by atoms with van der Waals surface area (Å²) in [5.74, 6) is -0.418. The minimum Gasteiger partial charge on any atom is -0.481 e. The van der Waals surface area contributed by atoms with E-state index >= 15 is 0 Å². The van der Waals surface area contributed by atoms with Crippen molar-refractivity contribution < 1.29 is 14.7 Å². The summed E-state index contributed by atoms with van der Waals surface area (Å²) >= 11 is 0. The Morgan fingerprint density at radius 3 is 2.40 bits per heavy atom. The predicted molar refractivity (Wildman–Crippen MR) is 78.7 cm³/mol. The molecule has 20 heavy (non-hydrogen) atoms. The van der Waals surface area contributed by atoms with E-state index in [2.05, 4.69) is 13.8 Å². The van der Waals surface area contributed by atoms with E-state index < -0.39 is 5.97 Å². The average Bonchev–Trinajstić information content (AvgIpc) is 2.34. The van der Waals surface area contributed by atoms with Gasteiger partial charge in [0.25, 0.3) is 0 Å². The minimum absolute atomic E-state index is 0.000324. The second kappa shape index (κ2) is 7.50. The van der Waals surface area contributed by atoms with E-state index in [-0.39, 0.29) is 24.5 Å². The Balaban J connectivity index is 2.80.